The number of hydrogen-bond acceptors (Lipinski definition) is 5. The lowest BCUT2D eigenvalue weighted by atomic mass is 10.1. The minimum atomic E-state index is 0.0791. The normalized spacial score (nSPS) is 17.0. The average molecular weight is 457 g/mol. The highest BCUT2D eigenvalue weighted by Gasteiger charge is 2.29. The summed E-state index contributed by atoms with van der Waals surface area (Å²) in [6.45, 7) is 4.30. The number of carbonyl (C=O) groups is 1. The van der Waals surface area contributed by atoms with E-state index in [1.54, 1.807) is 0 Å². The topological polar surface area (TPSA) is 49.3 Å². The quantitative estimate of drug-likeness (QED) is 0.588. The Morgan fingerprint density at radius 2 is 2.00 bits per heavy atom. The summed E-state index contributed by atoms with van der Waals surface area (Å²) in [7, 11) is 0. The number of aromatic nitrogens is 2. The van der Waals surface area contributed by atoms with E-state index in [0.717, 1.165) is 40.5 Å². The van der Waals surface area contributed by atoms with Gasteiger partial charge in [-0.05, 0) is 30.7 Å². The number of anilines is 1. The SMILES string of the molecule is CC1CN(c2nc(Cc3ccccc3)ns2)CCN1C(=O)c1cccc(Br)c1. The summed E-state index contributed by atoms with van der Waals surface area (Å²) in [5.74, 6) is 0.932. The zero-order valence-corrected chi connectivity index (χ0v) is 18.0. The Labute approximate surface area is 177 Å². The first-order chi connectivity index (χ1) is 13.6. The van der Waals surface area contributed by atoms with Crippen molar-refractivity contribution in [2.45, 2.75) is 19.4 Å². The van der Waals surface area contributed by atoms with Crippen LogP contribution in [0.3, 0.4) is 0 Å². The van der Waals surface area contributed by atoms with Crippen molar-refractivity contribution in [1.29, 1.82) is 0 Å². The molecule has 28 heavy (non-hydrogen) atoms. The summed E-state index contributed by atoms with van der Waals surface area (Å²) in [5, 5.41) is 0.937. The van der Waals surface area contributed by atoms with E-state index in [9.17, 15) is 4.79 Å². The predicted molar refractivity (Wildman–Crippen MR) is 116 cm³/mol. The maximum Gasteiger partial charge on any atom is 0.254 e. The highest BCUT2D eigenvalue weighted by molar-refractivity contribution is 9.10. The molecule has 0 spiro atoms. The molecule has 0 aliphatic carbocycles. The van der Waals surface area contributed by atoms with Crippen LogP contribution in [0.25, 0.3) is 0 Å². The number of carbonyl (C=O) groups excluding carboxylic acids is 1. The van der Waals surface area contributed by atoms with Crippen LogP contribution in [0, 0.1) is 0 Å². The molecule has 3 aromatic rings. The van der Waals surface area contributed by atoms with Gasteiger partial charge in [-0.2, -0.15) is 4.37 Å². The van der Waals surface area contributed by atoms with E-state index >= 15 is 0 Å². The van der Waals surface area contributed by atoms with E-state index in [0.29, 0.717) is 6.54 Å². The molecule has 1 aromatic heterocycles. The van der Waals surface area contributed by atoms with Crippen LogP contribution in [-0.2, 0) is 6.42 Å². The summed E-state index contributed by atoms with van der Waals surface area (Å²) in [6, 6.07) is 18.0. The molecule has 1 amide bonds. The number of hydrogen-bond donors (Lipinski definition) is 0. The average Bonchev–Trinajstić information content (AvgIpc) is 3.17. The van der Waals surface area contributed by atoms with Crippen LogP contribution in [0.1, 0.15) is 28.7 Å². The predicted octanol–water partition coefficient (Wildman–Crippen LogP) is 4.24. The first-order valence-electron chi connectivity index (χ1n) is 9.28. The molecule has 7 heteroatoms. The Bertz CT molecular complexity index is 962. The summed E-state index contributed by atoms with van der Waals surface area (Å²) < 4.78 is 5.45. The van der Waals surface area contributed by atoms with Crippen LogP contribution in [-0.4, -0.2) is 45.8 Å². The van der Waals surface area contributed by atoms with Gasteiger partial charge in [0.15, 0.2) is 0 Å². The molecule has 0 saturated carbocycles. The number of benzene rings is 2. The third-order valence-corrected chi connectivity index (χ3v) is 6.20. The van der Waals surface area contributed by atoms with E-state index in [1.807, 2.05) is 47.4 Å². The van der Waals surface area contributed by atoms with Crippen molar-refractivity contribution in [3.05, 3.63) is 76.0 Å². The molecule has 1 unspecified atom stereocenters. The summed E-state index contributed by atoms with van der Waals surface area (Å²) >= 11 is 4.88. The molecule has 1 aliphatic heterocycles. The van der Waals surface area contributed by atoms with Gasteiger partial charge in [-0.15, -0.1) is 0 Å². The fourth-order valence-electron chi connectivity index (χ4n) is 3.44. The molecular weight excluding hydrogens is 436 g/mol. The largest absolute Gasteiger partial charge is 0.343 e. The lowest BCUT2D eigenvalue weighted by Gasteiger charge is -2.39. The molecule has 5 nitrogen and oxygen atoms in total. The van der Waals surface area contributed by atoms with Gasteiger partial charge < -0.3 is 9.80 Å². The minimum absolute atomic E-state index is 0.0791. The van der Waals surface area contributed by atoms with Crippen molar-refractivity contribution in [3.63, 3.8) is 0 Å². The Balaban J connectivity index is 1.41. The van der Waals surface area contributed by atoms with Gasteiger partial charge in [-0.1, -0.05) is 52.3 Å². The lowest BCUT2D eigenvalue weighted by Crippen LogP contribution is -2.54. The zero-order valence-electron chi connectivity index (χ0n) is 15.6. The maximum absolute atomic E-state index is 12.9. The smallest absolute Gasteiger partial charge is 0.254 e. The molecule has 0 bridgehead atoms. The van der Waals surface area contributed by atoms with Gasteiger partial charge in [0.05, 0.1) is 0 Å². The molecule has 1 atom stereocenters. The number of nitrogens with zero attached hydrogens (tertiary/aromatic N) is 4. The molecule has 4 rings (SSSR count). The Morgan fingerprint density at radius 3 is 2.75 bits per heavy atom. The molecule has 1 fully saturated rings. The van der Waals surface area contributed by atoms with E-state index in [2.05, 4.69) is 44.3 Å². The van der Waals surface area contributed by atoms with Crippen molar-refractivity contribution < 1.29 is 4.79 Å². The van der Waals surface area contributed by atoms with Crippen LogP contribution in [0.4, 0.5) is 5.13 Å². The zero-order chi connectivity index (χ0) is 19.5. The molecule has 2 aromatic carbocycles. The highest BCUT2D eigenvalue weighted by atomic mass is 79.9. The van der Waals surface area contributed by atoms with Gasteiger partial charge in [0.25, 0.3) is 5.91 Å². The van der Waals surface area contributed by atoms with E-state index in [-0.39, 0.29) is 11.9 Å². The van der Waals surface area contributed by atoms with Crippen molar-refractivity contribution in [2.75, 3.05) is 24.5 Å². The van der Waals surface area contributed by atoms with Crippen molar-refractivity contribution in [3.8, 4) is 0 Å². The summed E-state index contributed by atoms with van der Waals surface area (Å²) in [4.78, 5) is 21.8. The summed E-state index contributed by atoms with van der Waals surface area (Å²) in [5.41, 5.74) is 1.93. The fraction of sp³-hybridized carbons (Fsp3) is 0.286. The highest BCUT2D eigenvalue weighted by Crippen LogP contribution is 2.24. The van der Waals surface area contributed by atoms with Crippen molar-refractivity contribution >= 4 is 38.5 Å². The molecular formula is C21H21BrN4OS. The fourth-order valence-corrected chi connectivity index (χ4v) is 4.56. The molecule has 1 saturated heterocycles. The van der Waals surface area contributed by atoms with E-state index < -0.39 is 0 Å². The van der Waals surface area contributed by atoms with Gasteiger partial charge in [0.1, 0.15) is 5.82 Å². The lowest BCUT2D eigenvalue weighted by molar-refractivity contribution is 0.0674. The standard InChI is InChI=1S/C21H21BrN4OS/c1-15-14-25(10-11-26(15)20(27)17-8-5-9-18(22)13-17)21-23-19(24-28-21)12-16-6-3-2-4-7-16/h2-9,13,15H,10-12,14H2,1H3. The summed E-state index contributed by atoms with van der Waals surface area (Å²) in [6.07, 6.45) is 0.744. The second-order valence-electron chi connectivity index (χ2n) is 6.96. The third-order valence-electron chi connectivity index (χ3n) is 4.89. The van der Waals surface area contributed by atoms with E-state index in [4.69, 9.17) is 4.98 Å². The van der Waals surface area contributed by atoms with E-state index in [1.165, 1.54) is 17.1 Å². The van der Waals surface area contributed by atoms with Crippen molar-refractivity contribution in [1.82, 2.24) is 14.3 Å². The van der Waals surface area contributed by atoms with Crippen LogP contribution in [0.2, 0.25) is 0 Å². The number of piperazine rings is 1. The second kappa shape index (κ2) is 8.41. The van der Waals surface area contributed by atoms with Gasteiger partial charge in [-0.25, -0.2) is 4.98 Å². The van der Waals surface area contributed by atoms with Crippen LogP contribution < -0.4 is 4.90 Å². The van der Waals surface area contributed by atoms with Crippen LogP contribution in [0.5, 0.6) is 0 Å². The molecule has 2 heterocycles. The van der Waals surface area contributed by atoms with Gasteiger partial charge >= 0.3 is 0 Å². The first kappa shape index (κ1) is 19.1. The molecule has 0 N–H and O–H groups in total. The molecule has 1 aliphatic rings. The number of halogens is 1. The Hall–Kier alpha value is -2.25. The number of rotatable bonds is 4. The van der Waals surface area contributed by atoms with Crippen LogP contribution >= 0.6 is 27.5 Å². The Morgan fingerprint density at radius 1 is 1.18 bits per heavy atom. The van der Waals surface area contributed by atoms with Crippen molar-refractivity contribution in [2.24, 2.45) is 0 Å². The monoisotopic (exact) mass is 456 g/mol. The molecule has 144 valence electrons. The van der Waals surface area contributed by atoms with Gasteiger partial charge in [0.2, 0.25) is 5.13 Å². The number of amides is 1. The second-order valence-corrected chi connectivity index (χ2v) is 8.61. The van der Waals surface area contributed by atoms with Crippen LogP contribution in [0.15, 0.2) is 59.1 Å². The third kappa shape index (κ3) is 4.25. The van der Waals surface area contributed by atoms with Gasteiger partial charge in [-0.3, -0.25) is 4.79 Å². The Kier molecular flexibility index (Phi) is 5.73. The molecule has 0 radical (unpaired) electrons. The first-order valence-corrected chi connectivity index (χ1v) is 10.8. The maximum atomic E-state index is 12.9. The minimum Gasteiger partial charge on any atom is -0.343 e. The van der Waals surface area contributed by atoms with Gasteiger partial charge in [0, 0.05) is 53.7 Å².